The van der Waals surface area contributed by atoms with E-state index in [-0.39, 0.29) is 11.5 Å². The van der Waals surface area contributed by atoms with Gasteiger partial charge in [0, 0.05) is 11.3 Å². The van der Waals surface area contributed by atoms with Crippen molar-refractivity contribution in [1.82, 2.24) is 15.2 Å². The second-order valence-corrected chi connectivity index (χ2v) is 6.56. The highest BCUT2D eigenvalue weighted by Crippen LogP contribution is 2.15. The van der Waals surface area contributed by atoms with Gasteiger partial charge in [-0.05, 0) is 49.7 Å². The van der Waals surface area contributed by atoms with Gasteiger partial charge in [-0.1, -0.05) is 31.5 Å². The summed E-state index contributed by atoms with van der Waals surface area (Å²) in [7, 11) is 1.59. The van der Waals surface area contributed by atoms with Crippen LogP contribution in [0.4, 0.5) is 0 Å². The van der Waals surface area contributed by atoms with Crippen molar-refractivity contribution in [2.45, 2.75) is 26.7 Å². The second-order valence-electron chi connectivity index (χ2n) is 6.56. The van der Waals surface area contributed by atoms with Gasteiger partial charge in [0.15, 0.2) is 0 Å². The minimum atomic E-state index is -0.326. The molecule has 0 bridgehead atoms. The van der Waals surface area contributed by atoms with E-state index in [9.17, 15) is 9.59 Å². The molecule has 0 unspecified atom stereocenters. The van der Waals surface area contributed by atoms with Gasteiger partial charge >= 0.3 is 0 Å². The fourth-order valence-corrected chi connectivity index (χ4v) is 3.04. The van der Waals surface area contributed by atoms with Gasteiger partial charge in [-0.2, -0.15) is 5.10 Å². The monoisotopic (exact) mass is 392 g/mol. The molecule has 1 aromatic heterocycles. The number of hydrazone groups is 1. The molecular weight excluding hydrogens is 368 g/mol. The molecule has 7 nitrogen and oxygen atoms in total. The zero-order valence-corrected chi connectivity index (χ0v) is 16.7. The van der Waals surface area contributed by atoms with Crippen molar-refractivity contribution in [2.75, 3.05) is 7.11 Å². The van der Waals surface area contributed by atoms with Crippen LogP contribution in [0.2, 0.25) is 0 Å². The van der Waals surface area contributed by atoms with Crippen LogP contribution in [0.15, 0.2) is 64.5 Å². The maximum atomic E-state index is 13.1. The number of nitrogens with one attached hydrogen (secondary N) is 2. The summed E-state index contributed by atoms with van der Waals surface area (Å²) in [5.41, 5.74) is 5.21. The Bertz CT molecular complexity index is 1060. The number of rotatable bonds is 7. The van der Waals surface area contributed by atoms with Crippen LogP contribution in [0.3, 0.4) is 0 Å². The average Bonchev–Trinajstić information content (AvgIpc) is 3.08. The number of hydrogen-bond acceptors (Lipinski definition) is 4. The van der Waals surface area contributed by atoms with Crippen molar-refractivity contribution in [2.24, 2.45) is 5.10 Å². The lowest BCUT2D eigenvalue weighted by Gasteiger charge is -2.03. The zero-order chi connectivity index (χ0) is 20.8. The third kappa shape index (κ3) is 4.45. The van der Waals surface area contributed by atoms with Crippen LogP contribution in [0.25, 0.3) is 5.69 Å². The van der Waals surface area contributed by atoms with E-state index in [1.165, 1.54) is 4.68 Å². The first kappa shape index (κ1) is 20.1. The Kier molecular flexibility index (Phi) is 6.29. The third-order valence-electron chi connectivity index (χ3n) is 4.52. The number of hydrogen-bond donors (Lipinski definition) is 2. The minimum Gasteiger partial charge on any atom is -0.497 e. The number of methoxy groups -OCH3 is 1. The quantitative estimate of drug-likeness (QED) is 0.478. The van der Waals surface area contributed by atoms with Gasteiger partial charge in [-0.25, -0.2) is 10.1 Å². The van der Waals surface area contributed by atoms with E-state index in [2.05, 4.69) is 15.6 Å². The molecule has 29 heavy (non-hydrogen) atoms. The molecule has 0 saturated carbocycles. The summed E-state index contributed by atoms with van der Waals surface area (Å²) in [6, 6.07) is 16.0. The van der Waals surface area contributed by atoms with Crippen LogP contribution in [-0.2, 0) is 6.42 Å². The van der Waals surface area contributed by atoms with Crippen LogP contribution < -0.4 is 15.7 Å². The number of H-pyrrole nitrogens is 1. The lowest BCUT2D eigenvalue weighted by Crippen LogP contribution is -2.23. The SMILES string of the molecule is CCCc1[nH]n(-c2ccc(OC)cc2)c(=O)c1C(C)=NNC(=O)c1ccccc1. The van der Waals surface area contributed by atoms with Gasteiger partial charge < -0.3 is 4.74 Å². The molecule has 7 heteroatoms. The standard InChI is InChI=1S/C22H24N4O3/c1-4-8-19-20(15(2)23-24-21(27)16-9-6-5-7-10-16)22(28)26(25-19)17-11-13-18(29-3)14-12-17/h5-7,9-14,25H,4,8H2,1-3H3,(H,24,27). The number of nitrogens with zero attached hydrogens (tertiary/aromatic N) is 2. The molecule has 0 radical (unpaired) electrons. The highest BCUT2D eigenvalue weighted by Gasteiger charge is 2.18. The minimum absolute atomic E-state index is 0.214. The number of carbonyl (C=O) groups excluding carboxylic acids is 1. The molecule has 0 aliphatic carbocycles. The van der Waals surface area contributed by atoms with Gasteiger partial charge in [-0.15, -0.1) is 0 Å². The van der Waals surface area contributed by atoms with E-state index in [1.54, 1.807) is 62.6 Å². The lowest BCUT2D eigenvalue weighted by atomic mass is 10.1. The lowest BCUT2D eigenvalue weighted by molar-refractivity contribution is 0.0955. The summed E-state index contributed by atoms with van der Waals surface area (Å²) in [5.74, 6) is 0.386. The molecule has 0 aliphatic heterocycles. The highest BCUT2D eigenvalue weighted by atomic mass is 16.5. The van der Waals surface area contributed by atoms with Crippen molar-refractivity contribution >= 4 is 11.6 Å². The number of amides is 1. The maximum Gasteiger partial charge on any atom is 0.280 e. The van der Waals surface area contributed by atoms with Crippen molar-refractivity contribution in [3.63, 3.8) is 0 Å². The van der Waals surface area contributed by atoms with Gasteiger partial charge in [0.2, 0.25) is 0 Å². The summed E-state index contributed by atoms with van der Waals surface area (Å²) in [4.78, 5) is 25.3. The molecule has 3 aromatic rings. The Labute approximate surface area is 169 Å². The van der Waals surface area contributed by atoms with Crippen LogP contribution in [0, 0.1) is 0 Å². The molecule has 2 aromatic carbocycles. The first-order chi connectivity index (χ1) is 14.0. The predicted molar refractivity (Wildman–Crippen MR) is 113 cm³/mol. The molecule has 0 fully saturated rings. The first-order valence-corrected chi connectivity index (χ1v) is 9.43. The third-order valence-corrected chi connectivity index (χ3v) is 4.52. The Morgan fingerprint density at radius 2 is 1.83 bits per heavy atom. The molecule has 0 atom stereocenters. The van der Waals surface area contributed by atoms with E-state index >= 15 is 0 Å². The van der Waals surface area contributed by atoms with E-state index in [0.717, 1.165) is 12.1 Å². The molecule has 0 saturated heterocycles. The van der Waals surface area contributed by atoms with Crippen LogP contribution >= 0.6 is 0 Å². The zero-order valence-electron chi connectivity index (χ0n) is 16.7. The summed E-state index contributed by atoms with van der Waals surface area (Å²) in [6.07, 6.45) is 1.55. The van der Waals surface area contributed by atoms with E-state index in [4.69, 9.17) is 4.74 Å². The Balaban J connectivity index is 1.93. The van der Waals surface area contributed by atoms with E-state index in [0.29, 0.717) is 34.7 Å². The number of aromatic nitrogens is 2. The molecule has 1 heterocycles. The fraction of sp³-hybridized carbons (Fsp3) is 0.227. The summed E-state index contributed by atoms with van der Waals surface area (Å²) in [5, 5.41) is 7.35. The molecule has 0 spiro atoms. The molecule has 150 valence electrons. The Morgan fingerprint density at radius 3 is 2.45 bits per heavy atom. The number of carbonyl (C=O) groups is 1. The van der Waals surface area contributed by atoms with Crippen molar-refractivity contribution < 1.29 is 9.53 Å². The molecule has 3 rings (SSSR count). The summed E-state index contributed by atoms with van der Waals surface area (Å²) in [6.45, 7) is 3.75. The summed E-state index contributed by atoms with van der Waals surface area (Å²) < 4.78 is 6.66. The highest BCUT2D eigenvalue weighted by molar-refractivity contribution is 6.01. The molecule has 2 N–H and O–H groups in total. The topological polar surface area (TPSA) is 88.5 Å². The van der Waals surface area contributed by atoms with Gasteiger partial charge in [-0.3, -0.25) is 14.7 Å². The maximum absolute atomic E-state index is 13.1. The van der Waals surface area contributed by atoms with E-state index < -0.39 is 0 Å². The first-order valence-electron chi connectivity index (χ1n) is 9.43. The van der Waals surface area contributed by atoms with Crippen molar-refractivity contribution in [3.8, 4) is 11.4 Å². The Hall–Kier alpha value is -3.61. The number of aromatic amines is 1. The summed E-state index contributed by atoms with van der Waals surface area (Å²) >= 11 is 0. The normalized spacial score (nSPS) is 11.3. The second kappa shape index (κ2) is 9.05. The largest absolute Gasteiger partial charge is 0.497 e. The predicted octanol–water partition coefficient (Wildman–Crippen LogP) is 3.28. The van der Waals surface area contributed by atoms with Crippen LogP contribution in [-0.4, -0.2) is 28.5 Å². The average molecular weight is 392 g/mol. The van der Waals surface area contributed by atoms with Crippen molar-refractivity contribution in [3.05, 3.63) is 81.8 Å². The van der Waals surface area contributed by atoms with Crippen LogP contribution in [0.5, 0.6) is 5.75 Å². The van der Waals surface area contributed by atoms with Gasteiger partial charge in [0.05, 0.1) is 24.1 Å². The molecule has 0 aliphatic rings. The van der Waals surface area contributed by atoms with E-state index in [1.807, 2.05) is 13.0 Å². The number of benzene rings is 2. The fourth-order valence-electron chi connectivity index (χ4n) is 3.04. The van der Waals surface area contributed by atoms with Crippen molar-refractivity contribution in [1.29, 1.82) is 0 Å². The Morgan fingerprint density at radius 1 is 1.14 bits per heavy atom. The number of ether oxygens (including phenoxy) is 1. The van der Waals surface area contributed by atoms with Crippen LogP contribution in [0.1, 0.15) is 41.9 Å². The van der Waals surface area contributed by atoms with Gasteiger partial charge in [0.25, 0.3) is 11.5 Å². The van der Waals surface area contributed by atoms with Gasteiger partial charge in [0.1, 0.15) is 5.75 Å². The molecular formula is C22H24N4O3. The number of aryl methyl sites for hydroxylation is 1. The smallest absolute Gasteiger partial charge is 0.280 e. The molecule has 1 amide bonds.